The largest absolute Gasteiger partial charge is 0.490 e. The maximum Gasteiger partial charge on any atom is 0.325 e. The number of aryl methyl sites for hydroxylation is 1. The van der Waals surface area contributed by atoms with Gasteiger partial charge < -0.3 is 20.1 Å². The highest BCUT2D eigenvalue weighted by Gasteiger charge is 2.49. The van der Waals surface area contributed by atoms with Crippen LogP contribution in [-0.2, 0) is 21.5 Å². The van der Waals surface area contributed by atoms with Crippen molar-refractivity contribution in [2.45, 2.75) is 39.7 Å². The monoisotopic (exact) mass is 453 g/mol. The average molecular weight is 454 g/mol. The van der Waals surface area contributed by atoms with E-state index in [2.05, 4.69) is 10.6 Å². The van der Waals surface area contributed by atoms with Crippen LogP contribution in [0.25, 0.3) is 0 Å². The molecule has 0 radical (unpaired) electrons. The molecular formula is C25H31N3O5. The van der Waals surface area contributed by atoms with Crippen molar-refractivity contribution in [1.29, 1.82) is 0 Å². The molecule has 0 aliphatic carbocycles. The Morgan fingerprint density at radius 2 is 1.70 bits per heavy atom. The van der Waals surface area contributed by atoms with Crippen molar-refractivity contribution in [3.05, 3.63) is 59.2 Å². The van der Waals surface area contributed by atoms with E-state index >= 15 is 0 Å². The predicted octanol–water partition coefficient (Wildman–Crippen LogP) is 2.92. The van der Waals surface area contributed by atoms with Gasteiger partial charge in [-0.15, -0.1) is 0 Å². The molecule has 1 aliphatic rings. The Balaban J connectivity index is 1.57. The van der Waals surface area contributed by atoms with Gasteiger partial charge >= 0.3 is 6.03 Å². The van der Waals surface area contributed by atoms with Gasteiger partial charge in [0, 0.05) is 6.54 Å². The van der Waals surface area contributed by atoms with E-state index in [9.17, 15) is 14.4 Å². The standard InChI is InChI=1S/C25H31N3O5/c1-5-32-20-12-9-18(15-21(20)33-6-2)13-14-26-22(29)16-28-23(30)25(4,27-24(28)31)19-10-7-17(3)8-11-19/h7-12,15H,5-6,13-14,16H2,1-4H3,(H,26,29)(H,27,31). The van der Waals surface area contributed by atoms with Crippen LogP contribution in [0.1, 0.15) is 37.5 Å². The Morgan fingerprint density at radius 1 is 1.03 bits per heavy atom. The lowest BCUT2D eigenvalue weighted by Crippen LogP contribution is -2.43. The number of nitrogens with zero attached hydrogens (tertiary/aromatic N) is 1. The van der Waals surface area contributed by atoms with Crippen molar-refractivity contribution in [3.8, 4) is 11.5 Å². The van der Waals surface area contributed by atoms with Crippen molar-refractivity contribution >= 4 is 17.8 Å². The highest BCUT2D eigenvalue weighted by Crippen LogP contribution is 2.29. The van der Waals surface area contributed by atoms with E-state index in [0.717, 1.165) is 16.0 Å². The van der Waals surface area contributed by atoms with E-state index in [1.54, 1.807) is 6.92 Å². The molecule has 1 fully saturated rings. The first-order valence-electron chi connectivity index (χ1n) is 11.1. The maximum absolute atomic E-state index is 13.0. The number of hydrogen-bond acceptors (Lipinski definition) is 5. The van der Waals surface area contributed by atoms with Crippen molar-refractivity contribution < 1.29 is 23.9 Å². The average Bonchev–Trinajstić information content (AvgIpc) is 3.00. The van der Waals surface area contributed by atoms with Crippen LogP contribution in [0, 0.1) is 6.92 Å². The van der Waals surface area contributed by atoms with Gasteiger partial charge in [-0.1, -0.05) is 35.9 Å². The van der Waals surface area contributed by atoms with Gasteiger partial charge in [-0.25, -0.2) is 4.79 Å². The zero-order chi connectivity index (χ0) is 24.0. The third-order valence-corrected chi connectivity index (χ3v) is 5.55. The molecule has 1 atom stereocenters. The fourth-order valence-electron chi connectivity index (χ4n) is 3.72. The molecule has 0 aromatic heterocycles. The first-order chi connectivity index (χ1) is 15.8. The molecule has 2 N–H and O–H groups in total. The molecule has 1 saturated heterocycles. The topological polar surface area (TPSA) is 97.0 Å². The summed E-state index contributed by atoms with van der Waals surface area (Å²) in [7, 11) is 0. The first kappa shape index (κ1) is 24.1. The number of carbonyl (C=O) groups excluding carboxylic acids is 3. The fourth-order valence-corrected chi connectivity index (χ4v) is 3.72. The molecule has 4 amide bonds. The predicted molar refractivity (Wildman–Crippen MR) is 124 cm³/mol. The number of ether oxygens (including phenoxy) is 2. The first-order valence-corrected chi connectivity index (χ1v) is 11.1. The van der Waals surface area contributed by atoms with Crippen LogP contribution in [0.15, 0.2) is 42.5 Å². The molecule has 33 heavy (non-hydrogen) atoms. The number of rotatable bonds is 10. The summed E-state index contributed by atoms with van der Waals surface area (Å²) in [6.07, 6.45) is 0.569. The smallest absolute Gasteiger partial charge is 0.325 e. The van der Waals surface area contributed by atoms with Crippen LogP contribution in [-0.4, -0.2) is 49.0 Å². The molecule has 1 unspecified atom stereocenters. The normalized spacial score (nSPS) is 17.6. The summed E-state index contributed by atoms with van der Waals surface area (Å²) >= 11 is 0. The minimum absolute atomic E-state index is 0.334. The van der Waals surface area contributed by atoms with Gasteiger partial charge in [0.15, 0.2) is 11.5 Å². The molecule has 1 aliphatic heterocycles. The molecule has 1 heterocycles. The third kappa shape index (κ3) is 5.45. The van der Waals surface area contributed by atoms with Gasteiger partial charge in [0.05, 0.1) is 13.2 Å². The zero-order valence-corrected chi connectivity index (χ0v) is 19.6. The van der Waals surface area contributed by atoms with Crippen LogP contribution in [0.4, 0.5) is 4.79 Å². The van der Waals surface area contributed by atoms with E-state index in [0.29, 0.717) is 43.2 Å². The summed E-state index contributed by atoms with van der Waals surface area (Å²) in [4.78, 5) is 38.8. The SMILES string of the molecule is CCOc1ccc(CCNC(=O)CN2C(=O)NC(C)(c3ccc(C)cc3)C2=O)cc1OCC. The molecular weight excluding hydrogens is 422 g/mol. The Bertz CT molecular complexity index is 1020. The van der Waals surface area contributed by atoms with Crippen LogP contribution in [0.2, 0.25) is 0 Å². The van der Waals surface area contributed by atoms with Gasteiger partial charge in [0.25, 0.3) is 5.91 Å². The van der Waals surface area contributed by atoms with Crippen LogP contribution in [0.3, 0.4) is 0 Å². The van der Waals surface area contributed by atoms with Gasteiger partial charge in [0.2, 0.25) is 5.91 Å². The second-order valence-corrected chi connectivity index (χ2v) is 8.06. The molecule has 0 spiro atoms. The van der Waals surface area contributed by atoms with Crippen molar-refractivity contribution in [3.63, 3.8) is 0 Å². The molecule has 0 saturated carbocycles. The minimum Gasteiger partial charge on any atom is -0.490 e. The summed E-state index contributed by atoms with van der Waals surface area (Å²) in [5.41, 5.74) is 1.51. The molecule has 0 bridgehead atoms. The second kappa shape index (κ2) is 10.4. The zero-order valence-electron chi connectivity index (χ0n) is 19.6. The van der Waals surface area contributed by atoms with Crippen molar-refractivity contribution in [1.82, 2.24) is 15.5 Å². The van der Waals surface area contributed by atoms with E-state index < -0.39 is 23.4 Å². The summed E-state index contributed by atoms with van der Waals surface area (Å²) in [5.74, 6) is 0.502. The van der Waals surface area contributed by atoms with E-state index in [1.165, 1.54) is 0 Å². The lowest BCUT2D eigenvalue weighted by molar-refractivity contribution is -0.134. The number of hydrogen-bond donors (Lipinski definition) is 2. The Hall–Kier alpha value is -3.55. The van der Waals surface area contributed by atoms with Gasteiger partial charge in [-0.05, 0) is 57.4 Å². The van der Waals surface area contributed by atoms with Crippen LogP contribution >= 0.6 is 0 Å². The number of carbonyl (C=O) groups is 3. The van der Waals surface area contributed by atoms with E-state index in [4.69, 9.17) is 9.47 Å². The second-order valence-electron chi connectivity index (χ2n) is 8.06. The van der Waals surface area contributed by atoms with Crippen LogP contribution < -0.4 is 20.1 Å². The summed E-state index contributed by atoms with van der Waals surface area (Å²) < 4.78 is 11.2. The maximum atomic E-state index is 13.0. The number of imide groups is 1. The Kier molecular flexibility index (Phi) is 7.58. The molecule has 2 aromatic carbocycles. The molecule has 8 heteroatoms. The lowest BCUT2D eigenvalue weighted by Gasteiger charge is -2.22. The Morgan fingerprint density at radius 3 is 2.36 bits per heavy atom. The summed E-state index contributed by atoms with van der Waals surface area (Å²) in [6.45, 7) is 8.50. The van der Waals surface area contributed by atoms with Crippen molar-refractivity contribution in [2.24, 2.45) is 0 Å². The number of urea groups is 1. The third-order valence-electron chi connectivity index (χ3n) is 5.55. The van der Waals surface area contributed by atoms with Gasteiger partial charge in [-0.3, -0.25) is 14.5 Å². The molecule has 176 valence electrons. The minimum atomic E-state index is -1.19. The highest BCUT2D eigenvalue weighted by atomic mass is 16.5. The fraction of sp³-hybridized carbons (Fsp3) is 0.400. The summed E-state index contributed by atoms with van der Waals surface area (Å²) in [5, 5.41) is 5.50. The Labute approximate surface area is 194 Å². The number of amides is 4. The van der Waals surface area contributed by atoms with Crippen molar-refractivity contribution in [2.75, 3.05) is 26.3 Å². The van der Waals surface area contributed by atoms with Gasteiger partial charge in [0.1, 0.15) is 12.1 Å². The number of benzene rings is 2. The summed E-state index contributed by atoms with van der Waals surface area (Å²) in [6, 6.07) is 12.5. The molecule has 2 aromatic rings. The number of nitrogens with one attached hydrogen (secondary N) is 2. The highest BCUT2D eigenvalue weighted by molar-refractivity contribution is 6.09. The van der Waals surface area contributed by atoms with Gasteiger partial charge in [-0.2, -0.15) is 0 Å². The lowest BCUT2D eigenvalue weighted by atomic mass is 9.91. The van der Waals surface area contributed by atoms with Crippen LogP contribution in [0.5, 0.6) is 11.5 Å². The van der Waals surface area contributed by atoms with E-state index in [1.807, 2.05) is 63.2 Å². The molecule has 8 nitrogen and oxygen atoms in total. The van der Waals surface area contributed by atoms with E-state index in [-0.39, 0.29) is 6.54 Å². The quantitative estimate of drug-likeness (QED) is 0.539. The molecule has 3 rings (SSSR count).